The van der Waals surface area contributed by atoms with Crippen LogP contribution < -0.4 is 5.73 Å². The molecule has 0 heterocycles. The third-order valence-corrected chi connectivity index (χ3v) is 4.59. The molecule has 1 amide bonds. The Hall–Kier alpha value is 0.308. The molecule has 0 aromatic rings. The van der Waals surface area contributed by atoms with Gasteiger partial charge in [-0.1, -0.05) is 12.6 Å². The first-order chi connectivity index (χ1) is 5.97. The summed E-state index contributed by atoms with van der Waals surface area (Å²) in [6.45, 7) is 3.44. The summed E-state index contributed by atoms with van der Waals surface area (Å²) in [6, 6.07) is 0. The minimum absolute atomic E-state index is 0.639. The Labute approximate surface area is 93.4 Å². The summed E-state index contributed by atoms with van der Waals surface area (Å²) in [5.41, 5.74) is 5.77. The van der Waals surface area contributed by atoms with E-state index in [1.54, 1.807) is 0 Å². The van der Waals surface area contributed by atoms with Gasteiger partial charge in [0, 0.05) is 0 Å². The van der Waals surface area contributed by atoms with E-state index in [0.717, 1.165) is 0 Å². The fraction of sp³-hybridized carbons (Fsp3) is 0. The second kappa shape index (κ2) is 8.89. The van der Waals surface area contributed by atoms with Gasteiger partial charge in [0.2, 0.25) is 31.5 Å². The first-order valence-corrected chi connectivity index (χ1v) is 6.11. The largest absolute Gasteiger partial charge is 0.496 e. The van der Waals surface area contributed by atoms with E-state index in [-0.39, 0.29) is 0 Å². The Morgan fingerprint density at radius 2 is 1.62 bits per heavy atom. The topological polar surface area (TPSA) is 70.8 Å². The van der Waals surface area contributed by atoms with Crippen molar-refractivity contribution < 1.29 is 17.1 Å². The molecule has 0 fully saturated rings. The Balaban J connectivity index is 0. The number of hydrogen-bond acceptors (Lipinski definition) is 4. The average Bonchev–Trinajstić information content (AvgIpc) is 2.09. The second-order valence-corrected chi connectivity index (χ2v) is 5.96. The molecule has 9 radical (unpaired) electrons. The molecule has 0 unspecified atom stereocenters. The molecule has 0 aliphatic carbocycles. The van der Waals surface area contributed by atoms with E-state index in [2.05, 4.69) is 68.7 Å². The highest BCUT2D eigenvalue weighted by Gasteiger charge is 2.31. The predicted octanol–water partition coefficient (Wildman–Crippen LogP) is -1.05. The summed E-state index contributed by atoms with van der Waals surface area (Å²) in [4.78, 5) is 9.09. The molecule has 0 rings (SSSR count). The number of rotatable bonds is 4. The Kier molecular flexibility index (Phi) is 10.8. The third-order valence-electron chi connectivity index (χ3n) is 0.677. The third kappa shape index (κ3) is 8.63. The minimum Gasteiger partial charge on any atom is -0.413 e. The lowest BCUT2D eigenvalue weighted by Gasteiger charge is -2.20. The number of nitrogens with two attached hydrogens (primary N) is 1. The molecule has 0 saturated carbocycles. The highest BCUT2D eigenvalue weighted by atomic mass is 32.1. The van der Waals surface area contributed by atoms with Crippen molar-refractivity contribution in [3.8, 4) is 0 Å². The number of hydrogen-bond donors (Lipinski definition) is 2. The molecule has 0 spiro atoms. The molecule has 10 heteroatoms. The molecule has 0 bridgehead atoms. The molecule has 13 heavy (non-hydrogen) atoms. The van der Waals surface area contributed by atoms with E-state index in [1.807, 2.05) is 0 Å². The standard InChI is InChI=1S/C2H3O3Si4.CH3NOS/c1-2-9(3-6,4-7)5-8;2-1(3)4/h2H,1H2;(H3,2,3,4). The van der Waals surface area contributed by atoms with Crippen molar-refractivity contribution in [3.05, 3.63) is 12.3 Å². The molecule has 0 aliphatic rings. The van der Waals surface area contributed by atoms with Crippen molar-refractivity contribution in [2.24, 2.45) is 5.73 Å². The molecule has 0 aromatic heterocycles. The molecular formula is C3H6NO4SSi4. The van der Waals surface area contributed by atoms with Crippen LogP contribution >= 0.6 is 12.6 Å². The van der Waals surface area contributed by atoms with Gasteiger partial charge in [0.15, 0.2) is 0 Å². The SMILES string of the molecule is C=C[Si](O[Si])(O[Si])O[Si].NC(=O)S. The zero-order valence-corrected chi connectivity index (χ0v) is 11.3. The lowest BCUT2D eigenvalue weighted by Crippen LogP contribution is -2.42. The molecule has 2 N–H and O–H groups in total. The van der Waals surface area contributed by atoms with E-state index in [4.69, 9.17) is 4.79 Å². The van der Waals surface area contributed by atoms with E-state index in [9.17, 15) is 0 Å². The van der Waals surface area contributed by atoms with Crippen molar-refractivity contribution in [1.29, 1.82) is 0 Å². The predicted molar refractivity (Wildman–Crippen MR) is 55.0 cm³/mol. The summed E-state index contributed by atoms with van der Waals surface area (Å²) >= 11 is 3.10. The van der Waals surface area contributed by atoms with Crippen molar-refractivity contribution >= 4 is 58.1 Å². The highest BCUT2D eigenvalue weighted by molar-refractivity contribution is 7.96. The maximum atomic E-state index is 9.09. The Morgan fingerprint density at radius 1 is 1.38 bits per heavy atom. The molecule has 0 aliphatic heterocycles. The Bertz CT molecular complexity index is 153. The van der Waals surface area contributed by atoms with Crippen LogP contribution in [0.1, 0.15) is 0 Å². The number of carbonyl (C=O) groups excluding carboxylic acids is 1. The van der Waals surface area contributed by atoms with Crippen LogP contribution in [0.4, 0.5) is 4.79 Å². The fourth-order valence-corrected chi connectivity index (χ4v) is 2.81. The summed E-state index contributed by atoms with van der Waals surface area (Å²) in [6.07, 6.45) is 0. The summed E-state index contributed by atoms with van der Waals surface area (Å²) in [7, 11) is 5.65. The van der Waals surface area contributed by atoms with Gasteiger partial charge in [0.1, 0.15) is 0 Å². The van der Waals surface area contributed by atoms with Crippen LogP contribution in [-0.2, 0) is 12.3 Å². The zero-order chi connectivity index (χ0) is 10.9. The van der Waals surface area contributed by atoms with Gasteiger partial charge >= 0.3 is 8.80 Å². The summed E-state index contributed by atoms with van der Waals surface area (Å²) in [5, 5.41) is -0.639. The van der Waals surface area contributed by atoms with E-state index in [0.29, 0.717) is 0 Å². The first kappa shape index (κ1) is 15.8. The van der Waals surface area contributed by atoms with Gasteiger partial charge in [-0.2, -0.15) is 0 Å². The second-order valence-electron chi connectivity index (χ2n) is 1.45. The van der Waals surface area contributed by atoms with Crippen LogP contribution in [0.5, 0.6) is 0 Å². The molecule has 5 nitrogen and oxygen atoms in total. The lowest BCUT2D eigenvalue weighted by molar-refractivity contribution is 0.267. The lowest BCUT2D eigenvalue weighted by atomic mass is 11.3. The first-order valence-electron chi connectivity index (χ1n) is 2.64. The molecule has 0 atom stereocenters. The number of thiol groups is 1. The number of primary amides is 1. The molecular weight excluding hydrogens is 258 g/mol. The van der Waals surface area contributed by atoms with Crippen LogP contribution in [0.25, 0.3) is 0 Å². The summed E-state index contributed by atoms with van der Waals surface area (Å²) in [5.74, 6) is 0. The number of amides is 1. The van der Waals surface area contributed by atoms with Gasteiger partial charge < -0.3 is 18.1 Å². The molecule has 69 valence electrons. The molecule has 0 aromatic carbocycles. The van der Waals surface area contributed by atoms with Crippen LogP contribution in [0.15, 0.2) is 12.3 Å². The van der Waals surface area contributed by atoms with Crippen molar-refractivity contribution in [1.82, 2.24) is 0 Å². The molecule has 0 saturated heterocycles. The smallest absolute Gasteiger partial charge is 0.413 e. The maximum absolute atomic E-state index is 9.09. The maximum Gasteiger partial charge on any atom is 0.496 e. The Morgan fingerprint density at radius 3 is 1.62 bits per heavy atom. The van der Waals surface area contributed by atoms with Gasteiger partial charge in [-0.15, -0.1) is 6.58 Å². The van der Waals surface area contributed by atoms with Crippen LogP contribution in [0.3, 0.4) is 0 Å². The minimum atomic E-state index is -2.69. The highest BCUT2D eigenvalue weighted by Crippen LogP contribution is 2.03. The summed E-state index contributed by atoms with van der Waals surface area (Å²) < 4.78 is 14.0. The van der Waals surface area contributed by atoms with Gasteiger partial charge in [-0.25, -0.2) is 0 Å². The van der Waals surface area contributed by atoms with Gasteiger partial charge in [0.25, 0.3) is 5.24 Å². The van der Waals surface area contributed by atoms with Crippen molar-refractivity contribution in [2.75, 3.05) is 0 Å². The van der Waals surface area contributed by atoms with Gasteiger partial charge in [-0.05, 0) is 5.70 Å². The number of carbonyl (C=O) groups is 1. The van der Waals surface area contributed by atoms with Crippen LogP contribution in [0, 0.1) is 0 Å². The zero-order valence-electron chi connectivity index (χ0n) is 6.44. The quantitative estimate of drug-likeness (QED) is 0.502. The van der Waals surface area contributed by atoms with Crippen LogP contribution in [-0.4, -0.2) is 45.5 Å². The monoisotopic (exact) mass is 264 g/mol. The van der Waals surface area contributed by atoms with E-state index < -0.39 is 14.0 Å². The average molecular weight is 264 g/mol. The van der Waals surface area contributed by atoms with Crippen LogP contribution in [0.2, 0.25) is 0 Å². The van der Waals surface area contributed by atoms with Gasteiger partial charge in [-0.3, -0.25) is 4.79 Å². The van der Waals surface area contributed by atoms with Gasteiger partial charge in [0.05, 0.1) is 0 Å². The van der Waals surface area contributed by atoms with E-state index in [1.165, 1.54) is 5.70 Å². The fourth-order valence-electron chi connectivity index (χ4n) is 0.188. The normalized spacial score (nSPS) is 9.85. The van der Waals surface area contributed by atoms with E-state index >= 15 is 0 Å². The van der Waals surface area contributed by atoms with Crippen molar-refractivity contribution in [2.45, 2.75) is 0 Å². The van der Waals surface area contributed by atoms with Crippen molar-refractivity contribution in [3.63, 3.8) is 0 Å².